The van der Waals surface area contributed by atoms with Crippen LogP contribution in [0.3, 0.4) is 0 Å². The Morgan fingerprint density at radius 1 is 1.03 bits per heavy atom. The summed E-state index contributed by atoms with van der Waals surface area (Å²) in [5.74, 6) is 0. The van der Waals surface area contributed by atoms with Crippen molar-refractivity contribution >= 4 is 21.6 Å². The van der Waals surface area contributed by atoms with Gasteiger partial charge in [0.1, 0.15) is 9.92 Å². The van der Waals surface area contributed by atoms with Gasteiger partial charge in [0.25, 0.3) is 0 Å². The van der Waals surface area contributed by atoms with Gasteiger partial charge in [-0.25, -0.2) is 13.7 Å². The van der Waals surface area contributed by atoms with E-state index in [2.05, 4.69) is 25.4 Å². The smallest absolute Gasteiger partial charge is 0.305 e. The molecular formula is C23H30N4O2S. The molecule has 7 heteroatoms. The predicted molar refractivity (Wildman–Crippen MR) is 121 cm³/mol. The summed E-state index contributed by atoms with van der Waals surface area (Å²) in [6.07, 6.45) is 6.32. The van der Waals surface area contributed by atoms with E-state index < -0.39 is 15.9 Å². The van der Waals surface area contributed by atoms with E-state index in [9.17, 15) is 9.00 Å². The zero-order valence-corrected chi connectivity index (χ0v) is 18.8. The van der Waals surface area contributed by atoms with Crippen LogP contribution in [-0.2, 0) is 42.1 Å². The molecule has 2 aliphatic carbocycles. The summed E-state index contributed by atoms with van der Waals surface area (Å²) in [7, 11) is 2.53. The standard InChI is InChI=1S/C23H30N4O2S/c1-24-30(29,19-12-10-16(11-13-19)15-27(2)3)26-23(28)25-22-20-8-4-6-17(20)14-18-7-5-9-21(18)22/h10-14H,4-9,15H2,1-3H3,(H2,24,25,26,28,29)/t30-/m1/s1. The average molecular weight is 427 g/mol. The molecule has 2 aromatic rings. The van der Waals surface area contributed by atoms with Gasteiger partial charge in [-0.3, -0.25) is 0 Å². The van der Waals surface area contributed by atoms with E-state index in [-0.39, 0.29) is 0 Å². The van der Waals surface area contributed by atoms with Gasteiger partial charge in [-0.1, -0.05) is 18.2 Å². The molecule has 6 nitrogen and oxygen atoms in total. The molecule has 160 valence electrons. The zero-order valence-electron chi connectivity index (χ0n) is 18.0. The second kappa shape index (κ2) is 8.49. The van der Waals surface area contributed by atoms with Gasteiger partial charge in [0.15, 0.2) is 0 Å². The quantitative estimate of drug-likeness (QED) is 0.761. The molecule has 0 saturated heterocycles. The van der Waals surface area contributed by atoms with Crippen LogP contribution in [0.15, 0.2) is 39.6 Å². The minimum absolute atomic E-state index is 0.506. The Labute approximate surface area is 179 Å². The van der Waals surface area contributed by atoms with Crippen LogP contribution in [0.4, 0.5) is 10.5 Å². The van der Waals surface area contributed by atoms with Crippen molar-refractivity contribution in [2.24, 2.45) is 4.36 Å². The highest BCUT2D eigenvalue weighted by molar-refractivity contribution is 7.92. The predicted octanol–water partition coefficient (Wildman–Crippen LogP) is 3.92. The molecule has 1 atom stereocenters. The van der Waals surface area contributed by atoms with Crippen LogP contribution in [0.5, 0.6) is 0 Å². The van der Waals surface area contributed by atoms with Gasteiger partial charge in [-0.2, -0.15) is 0 Å². The summed E-state index contributed by atoms with van der Waals surface area (Å²) in [5, 5.41) is 3.01. The van der Waals surface area contributed by atoms with E-state index in [0.29, 0.717) is 4.90 Å². The Morgan fingerprint density at radius 2 is 1.63 bits per heavy atom. The largest absolute Gasteiger partial charge is 0.354 e. The monoisotopic (exact) mass is 426 g/mol. The number of benzene rings is 2. The number of carbonyl (C=O) groups is 1. The van der Waals surface area contributed by atoms with Gasteiger partial charge in [0.2, 0.25) is 0 Å². The highest BCUT2D eigenvalue weighted by Crippen LogP contribution is 2.38. The molecule has 0 heterocycles. The Morgan fingerprint density at radius 3 is 2.17 bits per heavy atom. The van der Waals surface area contributed by atoms with E-state index in [1.54, 1.807) is 19.2 Å². The van der Waals surface area contributed by atoms with Crippen molar-refractivity contribution in [1.82, 2.24) is 9.62 Å². The Kier molecular flexibility index (Phi) is 5.95. The van der Waals surface area contributed by atoms with Gasteiger partial charge >= 0.3 is 6.03 Å². The molecule has 2 aromatic carbocycles. The van der Waals surface area contributed by atoms with Gasteiger partial charge in [-0.15, -0.1) is 4.36 Å². The third kappa shape index (κ3) is 4.15. The molecule has 30 heavy (non-hydrogen) atoms. The van der Waals surface area contributed by atoms with Crippen LogP contribution in [-0.4, -0.2) is 36.3 Å². The first kappa shape index (κ1) is 21.0. The number of hydrogen-bond acceptors (Lipinski definition) is 3. The van der Waals surface area contributed by atoms with E-state index in [1.807, 2.05) is 26.2 Å². The Bertz CT molecular complexity index is 1050. The first-order chi connectivity index (χ1) is 14.4. The average Bonchev–Trinajstić information content (AvgIpc) is 3.37. The highest BCUT2D eigenvalue weighted by atomic mass is 32.2. The number of urea groups is 1. The van der Waals surface area contributed by atoms with Crippen molar-refractivity contribution in [2.75, 3.05) is 26.5 Å². The number of nitrogens with zero attached hydrogens (tertiary/aromatic N) is 2. The summed E-state index contributed by atoms with van der Waals surface area (Å²) >= 11 is 0. The fourth-order valence-corrected chi connectivity index (χ4v) is 5.79. The lowest BCUT2D eigenvalue weighted by atomic mass is 9.99. The van der Waals surface area contributed by atoms with E-state index >= 15 is 0 Å². The summed E-state index contributed by atoms with van der Waals surface area (Å²) in [6, 6.07) is 9.19. The third-order valence-corrected chi connectivity index (χ3v) is 7.82. The van der Waals surface area contributed by atoms with Crippen molar-refractivity contribution in [3.63, 3.8) is 0 Å². The van der Waals surface area contributed by atoms with Crippen LogP contribution in [0.2, 0.25) is 0 Å². The molecule has 4 rings (SSSR count). The normalized spacial score (nSPS) is 16.8. The van der Waals surface area contributed by atoms with Crippen molar-refractivity contribution in [3.8, 4) is 0 Å². The lowest BCUT2D eigenvalue weighted by Gasteiger charge is -2.16. The van der Waals surface area contributed by atoms with Crippen LogP contribution < -0.4 is 10.0 Å². The Balaban J connectivity index is 1.63. The minimum Gasteiger partial charge on any atom is -0.305 e. The number of hydrogen-bond donors (Lipinski definition) is 2. The third-order valence-electron chi connectivity index (χ3n) is 5.93. The van der Waals surface area contributed by atoms with Crippen LogP contribution >= 0.6 is 0 Å². The SMILES string of the molecule is CN[S@@](=O)(=NC(=O)Nc1c2c(cc3c1CCC3)CCC2)c1ccc(CN(C)C)cc1. The number of carbonyl (C=O) groups excluding carboxylic acids is 1. The molecule has 0 aliphatic heterocycles. The molecule has 0 saturated carbocycles. The van der Waals surface area contributed by atoms with Crippen molar-refractivity contribution < 1.29 is 9.00 Å². The van der Waals surface area contributed by atoms with E-state index in [4.69, 9.17) is 0 Å². The number of fused-ring (bicyclic) bond motifs is 2. The van der Waals surface area contributed by atoms with Crippen LogP contribution in [0.1, 0.15) is 40.7 Å². The lowest BCUT2D eigenvalue weighted by Crippen LogP contribution is -2.22. The highest BCUT2D eigenvalue weighted by Gasteiger charge is 2.25. The lowest BCUT2D eigenvalue weighted by molar-refractivity contribution is 0.260. The maximum absolute atomic E-state index is 13.4. The molecule has 0 unspecified atom stereocenters. The number of amides is 2. The minimum atomic E-state index is -3.05. The first-order valence-corrected chi connectivity index (χ1v) is 12.1. The number of anilines is 1. The summed E-state index contributed by atoms with van der Waals surface area (Å²) < 4.78 is 20.3. The molecule has 2 N–H and O–H groups in total. The maximum Gasteiger partial charge on any atom is 0.354 e. The number of nitrogens with one attached hydrogen (secondary N) is 2. The second-order valence-corrected chi connectivity index (χ2v) is 10.5. The fraction of sp³-hybridized carbons (Fsp3) is 0.435. The van der Waals surface area contributed by atoms with Gasteiger partial charge in [-0.05, 0) is 99.6 Å². The summed E-state index contributed by atoms with van der Waals surface area (Å²) in [4.78, 5) is 15.4. The first-order valence-electron chi connectivity index (χ1n) is 10.6. The van der Waals surface area contributed by atoms with Crippen molar-refractivity contribution in [1.29, 1.82) is 0 Å². The zero-order chi connectivity index (χ0) is 21.3. The Hall–Kier alpha value is -2.22. The van der Waals surface area contributed by atoms with Gasteiger partial charge < -0.3 is 10.2 Å². The fourth-order valence-electron chi connectivity index (χ4n) is 4.57. The maximum atomic E-state index is 13.4. The summed E-state index contributed by atoms with van der Waals surface area (Å²) in [6.45, 7) is 0.795. The molecule has 0 aromatic heterocycles. The topological polar surface area (TPSA) is 73.8 Å². The van der Waals surface area contributed by atoms with Gasteiger partial charge in [0, 0.05) is 12.2 Å². The van der Waals surface area contributed by atoms with Crippen molar-refractivity contribution in [2.45, 2.75) is 50.0 Å². The van der Waals surface area contributed by atoms with E-state index in [1.165, 1.54) is 22.3 Å². The second-order valence-electron chi connectivity index (χ2n) is 8.37. The molecule has 0 radical (unpaired) electrons. The molecular weight excluding hydrogens is 396 g/mol. The number of rotatable bonds is 5. The molecule has 2 aliphatic rings. The van der Waals surface area contributed by atoms with Crippen LogP contribution in [0, 0.1) is 0 Å². The number of aryl methyl sites for hydroxylation is 2. The van der Waals surface area contributed by atoms with Crippen LogP contribution in [0.25, 0.3) is 0 Å². The van der Waals surface area contributed by atoms with Crippen molar-refractivity contribution in [3.05, 3.63) is 58.1 Å². The van der Waals surface area contributed by atoms with Gasteiger partial charge in [0.05, 0.1) is 4.90 Å². The summed E-state index contributed by atoms with van der Waals surface area (Å²) in [5.41, 5.74) is 7.20. The molecule has 0 fully saturated rings. The molecule has 0 spiro atoms. The molecule has 2 amide bonds. The molecule has 0 bridgehead atoms. The van der Waals surface area contributed by atoms with E-state index in [0.717, 1.165) is 56.3 Å².